The van der Waals surface area contributed by atoms with Gasteiger partial charge in [-0.05, 0) is 19.1 Å². The first-order valence-electron chi connectivity index (χ1n) is 5.77. The summed E-state index contributed by atoms with van der Waals surface area (Å²) in [5, 5.41) is 7.33. The second-order valence-electron chi connectivity index (χ2n) is 4.09. The number of rotatable bonds is 3. The van der Waals surface area contributed by atoms with Crippen LogP contribution in [0.15, 0.2) is 29.9 Å². The minimum absolute atomic E-state index is 0.182. The SMILES string of the molecule is Cc1cc(-n2ccc(-c3nccs3)n2)c(C=O)c(Cl)n1. The highest BCUT2D eigenvalue weighted by Crippen LogP contribution is 2.24. The Morgan fingerprint density at radius 2 is 2.30 bits per heavy atom. The lowest BCUT2D eigenvalue weighted by Gasteiger charge is -2.07. The fraction of sp³-hybridized carbons (Fsp3) is 0.0769. The Labute approximate surface area is 123 Å². The molecule has 5 nitrogen and oxygen atoms in total. The standard InChI is InChI=1S/C13H9ClN4OS/c1-8-6-11(9(7-19)12(14)16-8)18-4-2-10(17-18)13-15-3-5-20-13/h2-7H,1H3. The molecule has 7 heteroatoms. The minimum Gasteiger partial charge on any atom is -0.298 e. The van der Waals surface area contributed by atoms with Crippen LogP contribution in [-0.2, 0) is 0 Å². The summed E-state index contributed by atoms with van der Waals surface area (Å²) in [4.78, 5) is 19.5. The van der Waals surface area contributed by atoms with Gasteiger partial charge < -0.3 is 0 Å². The van der Waals surface area contributed by atoms with Crippen LogP contribution in [0.1, 0.15) is 16.1 Å². The monoisotopic (exact) mass is 304 g/mol. The van der Waals surface area contributed by atoms with Crippen LogP contribution in [-0.4, -0.2) is 26.0 Å². The van der Waals surface area contributed by atoms with Crippen molar-refractivity contribution in [2.24, 2.45) is 0 Å². The Hall–Kier alpha value is -2.05. The summed E-state index contributed by atoms with van der Waals surface area (Å²) in [5.41, 5.74) is 2.41. The number of thiazole rings is 1. The molecule has 0 radical (unpaired) electrons. The Bertz CT molecular complexity index is 767. The Morgan fingerprint density at radius 3 is 3.00 bits per heavy atom. The molecule has 0 N–H and O–H groups in total. The molecular weight excluding hydrogens is 296 g/mol. The molecular formula is C13H9ClN4OS. The molecule has 0 fully saturated rings. The summed E-state index contributed by atoms with van der Waals surface area (Å²) in [6.45, 7) is 1.81. The molecule has 3 aromatic rings. The maximum atomic E-state index is 11.2. The van der Waals surface area contributed by atoms with Gasteiger partial charge in [0.1, 0.15) is 15.9 Å². The van der Waals surface area contributed by atoms with Gasteiger partial charge in [0.05, 0.1) is 11.3 Å². The van der Waals surface area contributed by atoms with Crippen LogP contribution < -0.4 is 0 Å². The van der Waals surface area contributed by atoms with E-state index in [0.717, 1.165) is 16.4 Å². The lowest BCUT2D eigenvalue weighted by atomic mass is 10.2. The van der Waals surface area contributed by atoms with Crippen molar-refractivity contribution in [3.8, 4) is 16.4 Å². The number of hydrogen-bond acceptors (Lipinski definition) is 5. The maximum Gasteiger partial charge on any atom is 0.155 e. The number of aryl methyl sites for hydroxylation is 1. The van der Waals surface area contributed by atoms with E-state index in [4.69, 9.17) is 11.6 Å². The number of carbonyl (C=O) groups is 1. The van der Waals surface area contributed by atoms with Crippen LogP contribution in [0.25, 0.3) is 16.4 Å². The molecule has 0 bridgehead atoms. The average Bonchev–Trinajstić information content (AvgIpc) is 3.09. The molecule has 3 heterocycles. The van der Waals surface area contributed by atoms with E-state index in [0.29, 0.717) is 17.5 Å². The first kappa shape index (κ1) is 13.0. The van der Waals surface area contributed by atoms with Gasteiger partial charge in [-0.15, -0.1) is 11.3 Å². The van der Waals surface area contributed by atoms with Crippen LogP contribution in [0.2, 0.25) is 5.15 Å². The molecule has 0 aliphatic heterocycles. The predicted molar refractivity (Wildman–Crippen MR) is 77.6 cm³/mol. The highest BCUT2D eigenvalue weighted by Gasteiger charge is 2.13. The molecule has 0 atom stereocenters. The van der Waals surface area contributed by atoms with Crippen LogP contribution in [0.5, 0.6) is 0 Å². The summed E-state index contributed by atoms with van der Waals surface area (Å²) >= 11 is 7.50. The third-order valence-corrected chi connectivity index (χ3v) is 3.81. The third kappa shape index (κ3) is 2.23. The molecule has 0 aliphatic carbocycles. The second kappa shape index (κ2) is 5.15. The van der Waals surface area contributed by atoms with Crippen molar-refractivity contribution >= 4 is 29.2 Å². The summed E-state index contributed by atoms with van der Waals surface area (Å²) < 4.78 is 1.61. The number of aromatic nitrogens is 4. The highest BCUT2D eigenvalue weighted by atomic mass is 35.5. The number of aldehydes is 1. The van der Waals surface area contributed by atoms with Crippen molar-refractivity contribution in [3.63, 3.8) is 0 Å². The largest absolute Gasteiger partial charge is 0.298 e. The van der Waals surface area contributed by atoms with Gasteiger partial charge in [-0.3, -0.25) is 4.79 Å². The number of carbonyl (C=O) groups excluding carboxylic acids is 1. The van der Waals surface area contributed by atoms with Gasteiger partial charge in [0, 0.05) is 23.5 Å². The van der Waals surface area contributed by atoms with Crippen molar-refractivity contribution < 1.29 is 4.79 Å². The molecule has 0 saturated heterocycles. The lowest BCUT2D eigenvalue weighted by Crippen LogP contribution is -2.03. The van der Waals surface area contributed by atoms with E-state index in [9.17, 15) is 4.79 Å². The maximum absolute atomic E-state index is 11.2. The lowest BCUT2D eigenvalue weighted by molar-refractivity contribution is 0.112. The fourth-order valence-electron chi connectivity index (χ4n) is 1.85. The van der Waals surface area contributed by atoms with Crippen LogP contribution >= 0.6 is 22.9 Å². The van der Waals surface area contributed by atoms with E-state index in [1.54, 1.807) is 23.1 Å². The van der Waals surface area contributed by atoms with Crippen molar-refractivity contribution in [1.29, 1.82) is 0 Å². The quantitative estimate of drug-likeness (QED) is 0.551. The zero-order valence-corrected chi connectivity index (χ0v) is 12.0. The van der Waals surface area contributed by atoms with Crippen LogP contribution in [0.3, 0.4) is 0 Å². The van der Waals surface area contributed by atoms with Crippen molar-refractivity contribution in [2.45, 2.75) is 6.92 Å². The fourth-order valence-corrected chi connectivity index (χ4v) is 2.73. The summed E-state index contributed by atoms with van der Waals surface area (Å²) in [7, 11) is 0. The van der Waals surface area contributed by atoms with Gasteiger partial charge in [0.25, 0.3) is 0 Å². The van der Waals surface area contributed by atoms with Gasteiger partial charge in [-0.2, -0.15) is 5.10 Å². The first-order chi connectivity index (χ1) is 9.69. The molecule has 20 heavy (non-hydrogen) atoms. The van der Waals surface area contributed by atoms with Crippen molar-refractivity contribution in [1.82, 2.24) is 19.7 Å². The molecule has 3 aromatic heterocycles. The Morgan fingerprint density at radius 1 is 1.45 bits per heavy atom. The third-order valence-electron chi connectivity index (χ3n) is 2.72. The molecule has 0 aromatic carbocycles. The Balaban J connectivity index is 2.12. The van der Waals surface area contributed by atoms with E-state index in [2.05, 4.69) is 15.1 Å². The van der Waals surface area contributed by atoms with E-state index >= 15 is 0 Å². The van der Waals surface area contributed by atoms with Gasteiger partial charge in [0.15, 0.2) is 6.29 Å². The molecule has 0 spiro atoms. The predicted octanol–water partition coefficient (Wildman–Crippen LogP) is 3.17. The second-order valence-corrected chi connectivity index (χ2v) is 5.34. The van der Waals surface area contributed by atoms with Crippen LogP contribution in [0.4, 0.5) is 0 Å². The number of hydrogen-bond donors (Lipinski definition) is 0. The molecule has 0 aliphatic rings. The molecule has 0 unspecified atom stereocenters. The van der Waals surface area contributed by atoms with Gasteiger partial charge in [0.2, 0.25) is 0 Å². The van der Waals surface area contributed by atoms with Gasteiger partial charge in [-0.25, -0.2) is 14.6 Å². The smallest absolute Gasteiger partial charge is 0.155 e. The number of halogens is 1. The average molecular weight is 305 g/mol. The van der Waals surface area contributed by atoms with Gasteiger partial charge >= 0.3 is 0 Å². The van der Waals surface area contributed by atoms with Gasteiger partial charge in [-0.1, -0.05) is 11.6 Å². The Kier molecular flexibility index (Phi) is 3.33. The zero-order valence-electron chi connectivity index (χ0n) is 10.4. The summed E-state index contributed by atoms with van der Waals surface area (Å²) in [5.74, 6) is 0. The normalized spacial score (nSPS) is 10.7. The number of nitrogens with zero attached hydrogens (tertiary/aromatic N) is 4. The summed E-state index contributed by atoms with van der Waals surface area (Å²) in [6, 6.07) is 3.62. The molecule has 3 rings (SSSR count). The van der Waals surface area contributed by atoms with E-state index in [-0.39, 0.29) is 5.15 Å². The van der Waals surface area contributed by atoms with Crippen molar-refractivity contribution in [3.05, 3.63) is 46.3 Å². The van der Waals surface area contributed by atoms with Crippen LogP contribution in [0, 0.1) is 6.92 Å². The molecule has 100 valence electrons. The molecule has 0 amide bonds. The first-order valence-corrected chi connectivity index (χ1v) is 7.03. The van der Waals surface area contributed by atoms with Crippen molar-refractivity contribution in [2.75, 3.05) is 0 Å². The number of pyridine rings is 1. The topological polar surface area (TPSA) is 60.7 Å². The zero-order chi connectivity index (χ0) is 14.1. The molecule has 0 saturated carbocycles. The minimum atomic E-state index is 0.182. The highest BCUT2D eigenvalue weighted by molar-refractivity contribution is 7.13. The van der Waals surface area contributed by atoms with E-state index in [1.165, 1.54) is 11.3 Å². The summed E-state index contributed by atoms with van der Waals surface area (Å²) in [6.07, 6.45) is 4.19. The van der Waals surface area contributed by atoms with E-state index in [1.807, 2.05) is 18.4 Å². The van der Waals surface area contributed by atoms with E-state index < -0.39 is 0 Å².